The summed E-state index contributed by atoms with van der Waals surface area (Å²) in [5, 5.41) is 3.51. The van der Waals surface area contributed by atoms with E-state index in [1.165, 1.54) is 43.2 Å². The van der Waals surface area contributed by atoms with Crippen LogP contribution in [0.4, 0.5) is 0 Å². The van der Waals surface area contributed by atoms with E-state index in [1.54, 1.807) is 0 Å². The first-order chi connectivity index (χ1) is 11.7. The number of hydrogen-bond acceptors (Lipinski definition) is 3. The molecule has 1 fully saturated rings. The largest absolute Gasteiger partial charge is 0.493 e. The molecule has 1 atom stereocenters. The normalized spacial score (nSPS) is 17.6. The van der Waals surface area contributed by atoms with Crippen molar-refractivity contribution in [3.8, 4) is 5.75 Å². The highest BCUT2D eigenvalue weighted by Gasteiger charge is 2.14. The predicted molar refractivity (Wildman–Crippen MR) is 101 cm³/mol. The molecule has 0 saturated carbocycles. The van der Waals surface area contributed by atoms with Gasteiger partial charge in [0.15, 0.2) is 0 Å². The Morgan fingerprint density at radius 2 is 2.04 bits per heavy atom. The molecule has 0 unspecified atom stereocenters. The van der Waals surface area contributed by atoms with Crippen LogP contribution in [-0.2, 0) is 4.74 Å². The number of aryl methyl sites for hydroxylation is 1. The van der Waals surface area contributed by atoms with Crippen molar-refractivity contribution >= 4 is 0 Å². The van der Waals surface area contributed by atoms with Crippen LogP contribution >= 0.6 is 0 Å². The second kappa shape index (κ2) is 10.7. The van der Waals surface area contributed by atoms with Gasteiger partial charge < -0.3 is 14.8 Å². The Bertz CT molecular complexity index is 467. The van der Waals surface area contributed by atoms with Gasteiger partial charge in [0.1, 0.15) is 5.75 Å². The zero-order valence-corrected chi connectivity index (χ0v) is 15.8. The first-order valence-corrected chi connectivity index (χ1v) is 9.72. The zero-order valence-electron chi connectivity index (χ0n) is 15.8. The highest BCUT2D eigenvalue weighted by Crippen LogP contribution is 2.24. The van der Waals surface area contributed by atoms with Crippen molar-refractivity contribution in [1.29, 1.82) is 0 Å². The van der Waals surface area contributed by atoms with Gasteiger partial charge in [0.05, 0.1) is 12.7 Å². The molecule has 0 aliphatic carbocycles. The quantitative estimate of drug-likeness (QED) is 0.589. The van der Waals surface area contributed by atoms with Crippen LogP contribution in [0.25, 0.3) is 0 Å². The van der Waals surface area contributed by atoms with E-state index in [0.29, 0.717) is 12.0 Å². The minimum atomic E-state index is 0.461. The van der Waals surface area contributed by atoms with Crippen molar-refractivity contribution in [2.45, 2.75) is 71.3 Å². The van der Waals surface area contributed by atoms with E-state index in [2.05, 4.69) is 44.3 Å². The molecule has 0 bridgehead atoms. The first-order valence-electron chi connectivity index (χ1n) is 9.72. The maximum Gasteiger partial charge on any atom is 0.122 e. The fourth-order valence-corrected chi connectivity index (χ4v) is 3.09. The summed E-state index contributed by atoms with van der Waals surface area (Å²) in [4.78, 5) is 0. The van der Waals surface area contributed by atoms with Gasteiger partial charge in [-0.15, -0.1) is 0 Å². The smallest absolute Gasteiger partial charge is 0.122 e. The molecular formula is C21H35NO2. The molecule has 1 aliphatic heterocycles. The van der Waals surface area contributed by atoms with Crippen LogP contribution in [0.5, 0.6) is 5.75 Å². The predicted octanol–water partition coefficient (Wildman–Crippen LogP) is 4.83. The van der Waals surface area contributed by atoms with Gasteiger partial charge in [0, 0.05) is 13.2 Å². The van der Waals surface area contributed by atoms with Crippen molar-refractivity contribution in [2.24, 2.45) is 0 Å². The molecule has 0 spiro atoms. The molecule has 1 heterocycles. The molecule has 1 saturated heterocycles. The Balaban J connectivity index is 1.49. The fourth-order valence-electron chi connectivity index (χ4n) is 3.09. The number of hydrogen-bond donors (Lipinski definition) is 1. The lowest BCUT2D eigenvalue weighted by Crippen LogP contribution is -2.26. The van der Waals surface area contributed by atoms with Crippen LogP contribution in [-0.4, -0.2) is 32.4 Å². The van der Waals surface area contributed by atoms with Crippen molar-refractivity contribution in [3.05, 3.63) is 29.3 Å². The van der Waals surface area contributed by atoms with Crippen LogP contribution in [0.1, 0.15) is 69.4 Å². The van der Waals surface area contributed by atoms with E-state index in [0.717, 1.165) is 38.5 Å². The summed E-state index contributed by atoms with van der Waals surface area (Å²) in [5.74, 6) is 1.61. The molecule has 0 aromatic heterocycles. The molecule has 24 heavy (non-hydrogen) atoms. The Kier molecular flexibility index (Phi) is 8.62. The summed E-state index contributed by atoms with van der Waals surface area (Å²) in [6.07, 6.45) is 7.81. The van der Waals surface area contributed by atoms with Crippen LogP contribution in [0, 0.1) is 6.92 Å². The van der Waals surface area contributed by atoms with Gasteiger partial charge in [0.25, 0.3) is 0 Å². The molecule has 136 valence electrons. The lowest BCUT2D eigenvalue weighted by Gasteiger charge is -2.13. The topological polar surface area (TPSA) is 30.5 Å². The monoisotopic (exact) mass is 333 g/mol. The van der Waals surface area contributed by atoms with Crippen molar-refractivity contribution in [2.75, 3.05) is 26.3 Å². The lowest BCUT2D eigenvalue weighted by atomic mass is 10.0. The van der Waals surface area contributed by atoms with Crippen molar-refractivity contribution in [3.63, 3.8) is 0 Å². The zero-order chi connectivity index (χ0) is 17.2. The summed E-state index contributed by atoms with van der Waals surface area (Å²) in [7, 11) is 0. The average molecular weight is 334 g/mol. The third-order valence-electron chi connectivity index (χ3n) is 4.78. The lowest BCUT2D eigenvalue weighted by molar-refractivity contribution is 0.110. The maximum atomic E-state index is 5.99. The molecule has 0 amide bonds. The Labute approximate surface area is 148 Å². The first kappa shape index (κ1) is 19.3. The number of rotatable bonds is 11. The third-order valence-corrected chi connectivity index (χ3v) is 4.78. The summed E-state index contributed by atoms with van der Waals surface area (Å²) in [6.45, 7) is 10.5. The molecule has 1 aliphatic rings. The van der Waals surface area contributed by atoms with Crippen molar-refractivity contribution < 1.29 is 9.47 Å². The molecule has 1 N–H and O–H groups in total. The Hall–Kier alpha value is -1.06. The van der Waals surface area contributed by atoms with E-state index in [9.17, 15) is 0 Å². The number of benzene rings is 1. The molecule has 3 nitrogen and oxygen atoms in total. The molecular weight excluding hydrogens is 298 g/mol. The molecule has 1 aromatic carbocycles. The van der Waals surface area contributed by atoms with E-state index in [-0.39, 0.29) is 0 Å². The second-order valence-electron chi connectivity index (χ2n) is 7.28. The number of nitrogens with one attached hydrogen (secondary N) is 1. The van der Waals surface area contributed by atoms with E-state index < -0.39 is 0 Å². The second-order valence-corrected chi connectivity index (χ2v) is 7.28. The standard InChI is InChI=1S/C21H35NO2/c1-17(2)19-11-10-18(3)21(15-19)24-13-7-5-4-6-12-22-16-20-9-8-14-23-20/h10-11,15,17,20,22H,4-9,12-14,16H2,1-3H3/t20-/m1/s1. The summed E-state index contributed by atoms with van der Waals surface area (Å²) in [6, 6.07) is 6.58. The molecule has 0 radical (unpaired) electrons. The van der Waals surface area contributed by atoms with Crippen LogP contribution in [0.2, 0.25) is 0 Å². The molecule has 3 heteroatoms. The van der Waals surface area contributed by atoms with Crippen LogP contribution in [0.3, 0.4) is 0 Å². The van der Waals surface area contributed by atoms with Crippen LogP contribution < -0.4 is 10.1 Å². The highest BCUT2D eigenvalue weighted by atomic mass is 16.5. The minimum absolute atomic E-state index is 0.461. The van der Waals surface area contributed by atoms with Gasteiger partial charge in [-0.3, -0.25) is 0 Å². The Morgan fingerprint density at radius 3 is 2.79 bits per heavy atom. The summed E-state index contributed by atoms with van der Waals surface area (Å²) in [5.41, 5.74) is 2.59. The maximum absolute atomic E-state index is 5.99. The van der Waals surface area contributed by atoms with Gasteiger partial charge in [-0.05, 0) is 62.3 Å². The van der Waals surface area contributed by atoms with Gasteiger partial charge >= 0.3 is 0 Å². The minimum Gasteiger partial charge on any atom is -0.493 e. The molecule has 1 aromatic rings. The van der Waals surface area contributed by atoms with Gasteiger partial charge in [0.2, 0.25) is 0 Å². The molecule has 2 rings (SSSR count). The third kappa shape index (κ3) is 6.82. The fraction of sp³-hybridized carbons (Fsp3) is 0.714. The highest BCUT2D eigenvalue weighted by molar-refractivity contribution is 5.37. The summed E-state index contributed by atoms with van der Waals surface area (Å²) >= 11 is 0. The number of unbranched alkanes of at least 4 members (excludes halogenated alkanes) is 3. The van der Waals surface area contributed by atoms with E-state index in [1.807, 2.05) is 0 Å². The summed E-state index contributed by atoms with van der Waals surface area (Å²) < 4.78 is 11.6. The van der Waals surface area contributed by atoms with E-state index >= 15 is 0 Å². The SMILES string of the molecule is Cc1ccc(C(C)C)cc1OCCCCCCNC[C@H]1CCCO1. The van der Waals surface area contributed by atoms with Gasteiger partial charge in [-0.2, -0.15) is 0 Å². The number of ether oxygens (including phenoxy) is 2. The Morgan fingerprint density at radius 1 is 1.21 bits per heavy atom. The van der Waals surface area contributed by atoms with E-state index in [4.69, 9.17) is 9.47 Å². The van der Waals surface area contributed by atoms with Gasteiger partial charge in [-0.1, -0.05) is 38.8 Å². The average Bonchev–Trinajstić information content (AvgIpc) is 3.08. The van der Waals surface area contributed by atoms with Crippen molar-refractivity contribution in [1.82, 2.24) is 5.32 Å². The van der Waals surface area contributed by atoms with Crippen LogP contribution in [0.15, 0.2) is 18.2 Å². The van der Waals surface area contributed by atoms with Gasteiger partial charge in [-0.25, -0.2) is 0 Å².